The Morgan fingerprint density at radius 3 is 2.03 bits per heavy atom. The monoisotopic (exact) mass is 412 g/mol. The van der Waals surface area contributed by atoms with Crippen molar-refractivity contribution in [2.75, 3.05) is 26.2 Å². The molecule has 29 heavy (non-hydrogen) atoms. The standard InChI is InChI=1S/C19H32N4O6/c1-10(11(2)24)18(28)22-7-5-14(9-22)19(29)23-6-4-13(8-23)17(27)21-15(12(3)25)16(20)26/h10-15,24-25H,4-9H2,1-3H3,(H2,20,26)(H,21,27)/t10-,11+,12+,13-,14-,15-/m0/s1. The number of aliphatic hydroxyl groups is 2. The van der Waals surface area contributed by atoms with Gasteiger partial charge in [0.2, 0.25) is 23.6 Å². The number of nitrogens with one attached hydrogen (secondary N) is 1. The summed E-state index contributed by atoms with van der Waals surface area (Å²) in [4.78, 5) is 52.1. The third kappa shape index (κ3) is 5.45. The first-order chi connectivity index (χ1) is 13.5. The molecular weight excluding hydrogens is 380 g/mol. The molecule has 0 spiro atoms. The minimum absolute atomic E-state index is 0.0951. The van der Waals surface area contributed by atoms with Crippen LogP contribution in [0, 0.1) is 17.8 Å². The van der Waals surface area contributed by atoms with E-state index in [2.05, 4.69) is 5.32 Å². The summed E-state index contributed by atoms with van der Waals surface area (Å²) in [5.74, 6) is -2.81. The number of aliphatic hydroxyl groups excluding tert-OH is 2. The van der Waals surface area contributed by atoms with Gasteiger partial charge < -0.3 is 31.1 Å². The second kappa shape index (κ2) is 9.53. The van der Waals surface area contributed by atoms with E-state index in [0.717, 1.165) is 0 Å². The normalized spacial score (nSPS) is 26.0. The molecule has 0 bridgehead atoms. The second-order valence-corrected chi connectivity index (χ2v) is 8.20. The minimum atomic E-state index is -1.17. The first-order valence-electron chi connectivity index (χ1n) is 10.1. The number of primary amides is 1. The molecule has 164 valence electrons. The molecule has 6 atom stereocenters. The summed E-state index contributed by atoms with van der Waals surface area (Å²) in [5, 5.41) is 21.6. The van der Waals surface area contributed by atoms with Crippen molar-refractivity contribution < 1.29 is 29.4 Å². The van der Waals surface area contributed by atoms with E-state index in [1.54, 1.807) is 23.6 Å². The largest absolute Gasteiger partial charge is 0.393 e. The van der Waals surface area contributed by atoms with Crippen LogP contribution in [0.15, 0.2) is 0 Å². The average Bonchev–Trinajstić information content (AvgIpc) is 3.33. The van der Waals surface area contributed by atoms with E-state index in [0.29, 0.717) is 32.5 Å². The van der Waals surface area contributed by atoms with E-state index in [1.807, 2.05) is 0 Å². The summed E-state index contributed by atoms with van der Waals surface area (Å²) >= 11 is 0. The van der Waals surface area contributed by atoms with Crippen LogP contribution >= 0.6 is 0 Å². The van der Waals surface area contributed by atoms with Crippen molar-refractivity contribution in [3.8, 4) is 0 Å². The van der Waals surface area contributed by atoms with E-state index < -0.39 is 41.9 Å². The Kier molecular flexibility index (Phi) is 7.59. The van der Waals surface area contributed by atoms with Gasteiger partial charge in [0, 0.05) is 26.2 Å². The minimum Gasteiger partial charge on any atom is -0.393 e. The topological polar surface area (TPSA) is 153 Å². The van der Waals surface area contributed by atoms with Crippen LogP contribution in [-0.4, -0.2) is 88.1 Å². The lowest BCUT2D eigenvalue weighted by Crippen LogP contribution is -2.52. The van der Waals surface area contributed by atoms with Gasteiger partial charge >= 0.3 is 0 Å². The number of nitrogens with zero attached hydrogens (tertiary/aromatic N) is 2. The molecule has 4 amide bonds. The molecule has 0 aromatic heterocycles. The maximum atomic E-state index is 12.8. The molecule has 0 aliphatic carbocycles. The fourth-order valence-electron chi connectivity index (χ4n) is 3.79. The fraction of sp³-hybridized carbons (Fsp3) is 0.789. The lowest BCUT2D eigenvalue weighted by atomic mass is 10.0. The van der Waals surface area contributed by atoms with Crippen LogP contribution in [0.2, 0.25) is 0 Å². The molecule has 2 saturated heterocycles. The molecule has 0 unspecified atom stereocenters. The van der Waals surface area contributed by atoms with Crippen molar-refractivity contribution in [1.29, 1.82) is 0 Å². The highest BCUT2D eigenvalue weighted by atomic mass is 16.3. The molecule has 0 saturated carbocycles. The second-order valence-electron chi connectivity index (χ2n) is 8.20. The fourth-order valence-corrected chi connectivity index (χ4v) is 3.79. The molecule has 10 heteroatoms. The van der Waals surface area contributed by atoms with Gasteiger partial charge in [0.05, 0.1) is 30.0 Å². The predicted molar refractivity (Wildman–Crippen MR) is 103 cm³/mol. The van der Waals surface area contributed by atoms with Crippen molar-refractivity contribution >= 4 is 23.6 Å². The first kappa shape index (κ1) is 23.1. The van der Waals surface area contributed by atoms with Crippen molar-refractivity contribution in [2.45, 2.75) is 51.9 Å². The molecule has 2 aliphatic heterocycles. The Balaban J connectivity index is 1.88. The van der Waals surface area contributed by atoms with Crippen LogP contribution in [0.1, 0.15) is 33.6 Å². The number of carbonyl (C=O) groups is 4. The van der Waals surface area contributed by atoms with Crippen LogP contribution in [-0.2, 0) is 19.2 Å². The van der Waals surface area contributed by atoms with Gasteiger partial charge in [0.15, 0.2) is 0 Å². The zero-order chi connectivity index (χ0) is 21.9. The number of amides is 4. The summed E-state index contributed by atoms with van der Waals surface area (Å²) in [6.07, 6.45) is -0.851. The van der Waals surface area contributed by atoms with E-state index in [4.69, 9.17) is 5.73 Å². The molecule has 2 rings (SSSR count). The Morgan fingerprint density at radius 1 is 0.931 bits per heavy atom. The smallest absolute Gasteiger partial charge is 0.242 e. The number of likely N-dealkylation sites (tertiary alicyclic amines) is 2. The van der Waals surface area contributed by atoms with Crippen LogP contribution in [0.3, 0.4) is 0 Å². The third-order valence-electron chi connectivity index (χ3n) is 5.92. The molecule has 0 aromatic rings. The molecule has 2 heterocycles. The Bertz CT molecular complexity index is 653. The van der Waals surface area contributed by atoms with Crippen LogP contribution in [0.25, 0.3) is 0 Å². The maximum absolute atomic E-state index is 12.8. The van der Waals surface area contributed by atoms with Crippen molar-refractivity contribution in [3.63, 3.8) is 0 Å². The van der Waals surface area contributed by atoms with Crippen LogP contribution in [0.4, 0.5) is 0 Å². The maximum Gasteiger partial charge on any atom is 0.242 e. The van der Waals surface area contributed by atoms with Gasteiger partial charge in [-0.25, -0.2) is 0 Å². The van der Waals surface area contributed by atoms with Crippen molar-refractivity contribution in [1.82, 2.24) is 15.1 Å². The predicted octanol–water partition coefficient (Wildman–Crippen LogP) is -1.95. The van der Waals surface area contributed by atoms with Crippen LogP contribution < -0.4 is 11.1 Å². The number of hydrogen-bond donors (Lipinski definition) is 4. The van der Waals surface area contributed by atoms with E-state index in [-0.39, 0.29) is 24.3 Å². The van der Waals surface area contributed by atoms with E-state index in [1.165, 1.54) is 6.92 Å². The molecule has 5 N–H and O–H groups in total. The lowest BCUT2D eigenvalue weighted by Gasteiger charge is -2.24. The molecular formula is C19H32N4O6. The SMILES string of the molecule is C[C@H](C(=O)N1CC[C@H](C(=O)N2CC[C@H](C(=O)N[C@H](C(N)=O)[C@@H](C)O)C2)C1)[C@@H](C)O. The summed E-state index contributed by atoms with van der Waals surface area (Å²) in [7, 11) is 0. The van der Waals surface area contributed by atoms with Gasteiger partial charge in [0.1, 0.15) is 6.04 Å². The number of rotatable bonds is 7. The van der Waals surface area contributed by atoms with Gasteiger partial charge in [-0.05, 0) is 26.7 Å². The number of carbonyl (C=O) groups excluding carboxylic acids is 4. The van der Waals surface area contributed by atoms with E-state index >= 15 is 0 Å². The quantitative estimate of drug-likeness (QED) is 0.381. The summed E-state index contributed by atoms with van der Waals surface area (Å²) < 4.78 is 0. The highest BCUT2D eigenvalue weighted by Gasteiger charge is 2.39. The summed E-state index contributed by atoms with van der Waals surface area (Å²) in [5.41, 5.74) is 5.19. The zero-order valence-electron chi connectivity index (χ0n) is 17.2. The highest BCUT2D eigenvalue weighted by molar-refractivity contribution is 5.89. The van der Waals surface area contributed by atoms with Gasteiger partial charge in [-0.3, -0.25) is 19.2 Å². The van der Waals surface area contributed by atoms with Crippen molar-refractivity contribution in [2.24, 2.45) is 23.5 Å². The Morgan fingerprint density at radius 2 is 1.48 bits per heavy atom. The zero-order valence-corrected chi connectivity index (χ0v) is 17.2. The van der Waals surface area contributed by atoms with Crippen molar-refractivity contribution in [3.05, 3.63) is 0 Å². The molecule has 2 fully saturated rings. The lowest BCUT2D eigenvalue weighted by molar-refractivity contribution is -0.138. The summed E-state index contributed by atoms with van der Waals surface area (Å²) in [6, 6.07) is -1.17. The number of nitrogens with two attached hydrogens (primary N) is 1. The van der Waals surface area contributed by atoms with Gasteiger partial charge in [-0.1, -0.05) is 6.92 Å². The molecule has 0 radical (unpaired) electrons. The molecule has 2 aliphatic rings. The Labute approximate surface area is 170 Å². The van der Waals surface area contributed by atoms with E-state index in [9.17, 15) is 29.4 Å². The average molecular weight is 412 g/mol. The van der Waals surface area contributed by atoms with Gasteiger partial charge in [-0.2, -0.15) is 0 Å². The number of hydrogen-bond acceptors (Lipinski definition) is 6. The Hall–Kier alpha value is -2.20. The first-order valence-corrected chi connectivity index (χ1v) is 10.1. The van der Waals surface area contributed by atoms with Gasteiger partial charge in [0.25, 0.3) is 0 Å². The van der Waals surface area contributed by atoms with Crippen LogP contribution in [0.5, 0.6) is 0 Å². The van der Waals surface area contributed by atoms with Gasteiger partial charge in [-0.15, -0.1) is 0 Å². The third-order valence-corrected chi connectivity index (χ3v) is 5.92. The molecule has 10 nitrogen and oxygen atoms in total. The molecule has 0 aromatic carbocycles. The summed E-state index contributed by atoms with van der Waals surface area (Å²) in [6.45, 7) is 6.03. The highest BCUT2D eigenvalue weighted by Crippen LogP contribution is 2.25.